The highest BCUT2D eigenvalue weighted by Crippen LogP contribution is 2.24. The van der Waals surface area contributed by atoms with E-state index in [0.717, 1.165) is 29.8 Å². The lowest BCUT2D eigenvalue weighted by Gasteiger charge is -2.10. The number of carboxylic acid groups (broad SMARTS) is 1. The van der Waals surface area contributed by atoms with Crippen molar-refractivity contribution in [1.29, 1.82) is 0 Å². The second kappa shape index (κ2) is 8.03. The monoisotopic (exact) mass is 365 g/mol. The number of carbonyl (C=O) groups is 1. The van der Waals surface area contributed by atoms with Crippen LogP contribution in [0.25, 0.3) is 11.1 Å². The summed E-state index contributed by atoms with van der Waals surface area (Å²) >= 11 is 0. The van der Waals surface area contributed by atoms with Crippen molar-refractivity contribution in [2.45, 2.75) is 33.2 Å². The zero-order valence-electron chi connectivity index (χ0n) is 15.5. The fourth-order valence-corrected chi connectivity index (χ4v) is 3.02. The Labute approximate surface area is 157 Å². The van der Waals surface area contributed by atoms with E-state index in [0.29, 0.717) is 18.0 Å². The van der Waals surface area contributed by atoms with Crippen LogP contribution in [-0.2, 0) is 13.0 Å². The Hall–Kier alpha value is -3.15. The standard InChI is InChI=1S/C21H23N3O3/c1-14(2)7-12-19-22-21(27)23-24(19)13-15-8-10-16(11-9-15)17-5-3-4-6-18(17)20(25)26/h3-6,8-11,14H,7,12-13H2,1-2H3,(H,23,27)(H,25,26). The molecule has 0 unspecified atom stereocenters. The van der Waals surface area contributed by atoms with Crippen LogP contribution in [0.4, 0.5) is 0 Å². The Kier molecular flexibility index (Phi) is 5.54. The lowest BCUT2D eigenvalue weighted by molar-refractivity contribution is 0.0697. The van der Waals surface area contributed by atoms with Crippen LogP contribution in [0.1, 0.15) is 42.0 Å². The summed E-state index contributed by atoms with van der Waals surface area (Å²) in [5, 5.41) is 12.1. The first-order chi connectivity index (χ1) is 12.9. The largest absolute Gasteiger partial charge is 0.478 e. The molecule has 27 heavy (non-hydrogen) atoms. The van der Waals surface area contributed by atoms with Gasteiger partial charge < -0.3 is 5.11 Å². The quantitative estimate of drug-likeness (QED) is 0.670. The van der Waals surface area contributed by atoms with Gasteiger partial charge in [-0.1, -0.05) is 56.3 Å². The van der Waals surface area contributed by atoms with Crippen LogP contribution >= 0.6 is 0 Å². The number of nitrogens with one attached hydrogen (secondary N) is 1. The first-order valence-electron chi connectivity index (χ1n) is 9.01. The third-order valence-corrected chi connectivity index (χ3v) is 4.48. The molecule has 0 aliphatic carbocycles. The molecule has 3 rings (SSSR count). The second-order valence-corrected chi connectivity index (χ2v) is 7.01. The molecule has 6 nitrogen and oxygen atoms in total. The molecule has 0 atom stereocenters. The van der Waals surface area contributed by atoms with E-state index in [-0.39, 0.29) is 11.3 Å². The molecule has 0 fully saturated rings. The fourth-order valence-electron chi connectivity index (χ4n) is 3.02. The van der Waals surface area contributed by atoms with Crippen LogP contribution in [0.5, 0.6) is 0 Å². The van der Waals surface area contributed by atoms with E-state index >= 15 is 0 Å². The number of H-pyrrole nitrogens is 1. The highest BCUT2D eigenvalue weighted by atomic mass is 16.4. The topological polar surface area (TPSA) is 88.0 Å². The smallest absolute Gasteiger partial charge is 0.361 e. The van der Waals surface area contributed by atoms with Gasteiger partial charge in [0.25, 0.3) is 0 Å². The molecule has 1 aromatic heterocycles. The van der Waals surface area contributed by atoms with Crippen molar-refractivity contribution < 1.29 is 9.90 Å². The van der Waals surface area contributed by atoms with Gasteiger partial charge in [-0.15, -0.1) is 0 Å². The fraction of sp³-hybridized carbons (Fsp3) is 0.286. The summed E-state index contributed by atoms with van der Waals surface area (Å²) in [4.78, 5) is 27.1. The van der Waals surface area contributed by atoms with Crippen LogP contribution in [0, 0.1) is 5.92 Å². The number of carboxylic acids is 1. The Morgan fingerprint density at radius 1 is 1.15 bits per heavy atom. The summed E-state index contributed by atoms with van der Waals surface area (Å²) < 4.78 is 1.78. The number of aromatic carboxylic acids is 1. The van der Waals surface area contributed by atoms with E-state index in [2.05, 4.69) is 23.9 Å². The van der Waals surface area contributed by atoms with Gasteiger partial charge in [-0.25, -0.2) is 14.7 Å². The number of aryl methyl sites for hydroxylation is 1. The van der Waals surface area contributed by atoms with Crippen LogP contribution in [0.2, 0.25) is 0 Å². The van der Waals surface area contributed by atoms with Gasteiger partial charge in [-0.3, -0.25) is 4.68 Å². The maximum absolute atomic E-state index is 11.6. The van der Waals surface area contributed by atoms with Crippen molar-refractivity contribution in [2.75, 3.05) is 0 Å². The van der Waals surface area contributed by atoms with E-state index in [9.17, 15) is 14.7 Å². The minimum atomic E-state index is -0.944. The predicted molar refractivity (Wildman–Crippen MR) is 104 cm³/mol. The van der Waals surface area contributed by atoms with Gasteiger partial charge >= 0.3 is 11.7 Å². The van der Waals surface area contributed by atoms with Crippen molar-refractivity contribution in [2.24, 2.45) is 5.92 Å². The van der Waals surface area contributed by atoms with Gasteiger partial charge in [0.15, 0.2) is 0 Å². The molecule has 0 bridgehead atoms. The van der Waals surface area contributed by atoms with Crippen LogP contribution in [0.3, 0.4) is 0 Å². The molecule has 0 aliphatic rings. The highest BCUT2D eigenvalue weighted by molar-refractivity contribution is 5.95. The number of benzene rings is 2. The summed E-state index contributed by atoms with van der Waals surface area (Å²) in [6.45, 7) is 4.80. The molecule has 0 saturated carbocycles. The average Bonchev–Trinajstić information content (AvgIpc) is 3.00. The minimum absolute atomic E-state index is 0.278. The molecule has 140 valence electrons. The van der Waals surface area contributed by atoms with E-state index in [1.165, 1.54) is 0 Å². The van der Waals surface area contributed by atoms with Crippen molar-refractivity contribution in [3.63, 3.8) is 0 Å². The Balaban J connectivity index is 1.82. The van der Waals surface area contributed by atoms with Crippen molar-refractivity contribution in [3.05, 3.63) is 76.0 Å². The first kappa shape index (κ1) is 18.6. The third-order valence-electron chi connectivity index (χ3n) is 4.48. The summed E-state index contributed by atoms with van der Waals surface area (Å²) in [6.07, 6.45) is 1.72. The summed E-state index contributed by atoms with van der Waals surface area (Å²) in [7, 11) is 0. The predicted octanol–water partition coefficient (Wildman–Crippen LogP) is 3.57. The van der Waals surface area contributed by atoms with E-state index in [1.807, 2.05) is 30.3 Å². The Morgan fingerprint density at radius 2 is 1.85 bits per heavy atom. The molecule has 2 N–H and O–H groups in total. The van der Waals surface area contributed by atoms with Crippen LogP contribution in [-0.4, -0.2) is 25.8 Å². The van der Waals surface area contributed by atoms with Gasteiger partial charge in [0.1, 0.15) is 5.82 Å². The highest BCUT2D eigenvalue weighted by Gasteiger charge is 2.11. The van der Waals surface area contributed by atoms with Crippen molar-refractivity contribution >= 4 is 5.97 Å². The van der Waals surface area contributed by atoms with Crippen LogP contribution < -0.4 is 5.69 Å². The summed E-state index contributed by atoms with van der Waals surface area (Å²) in [5.41, 5.74) is 2.48. The van der Waals surface area contributed by atoms with Gasteiger partial charge in [-0.2, -0.15) is 4.98 Å². The molecule has 6 heteroatoms. The molecule has 0 amide bonds. The van der Waals surface area contributed by atoms with E-state index in [1.54, 1.807) is 22.9 Å². The lowest BCUT2D eigenvalue weighted by Crippen LogP contribution is -2.09. The average molecular weight is 365 g/mol. The number of nitrogens with zero attached hydrogens (tertiary/aromatic N) is 2. The lowest BCUT2D eigenvalue weighted by atomic mass is 9.99. The SMILES string of the molecule is CC(C)CCc1nc(=O)[nH]n1Cc1ccc(-c2ccccc2C(=O)O)cc1. The second-order valence-electron chi connectivity index (χ2n) is 7.01. The van der Waals surface area contributed by atoms with Gasteiger partial charge in [0.2, 0.25) is 0 Å². The zero-order chi connectivity index (χ0) is 19.4. The maximum Gasteiger partial charge on any atom is 0.361 e. The zero-order valence-corrected chi connectivity index (χ0v) is 15.5. The molecule has 0 radical (unpaired) electrons. The van der Waals surface area contributed by atoms with Crippen molar-refractivity contribution in [1.82, 2.24) is 14.8 Å². The van der Waals surface area contributed by atoms with Crippen molar-refractivity contribution in [3.8, 4) is 11.1 Å². The Morgan fingerprint density at radius 3 is 2.52 bits per heavy atom. The Bertz CT molecular complexity index is 984. The van der Waals surface area contributed by atoms with Gasteiger partial charge in [0.05, 0.1) is 12.1 Å². The molecule has 3 aromatic rings. The molecule has 0 aliphatic heterocycles. The minimum Gasteiger partial charge on any atom is -0.478 e. The molecule has 0 spiro atoms. The third kappa shape index (κ3) is 4.53. The summed E-state index contributed by atoms with van der Waals surface area (Å²) in [5.74, 6) is 0.355. The maximum atomic E-state index is 11.6. The summed E-state index contributed by atoms with van der Waals surface area (Å²) in [6, 6.07) is 14.6. The normalized spacial score (nSPS) is 11.1. The molecular formula is C21H23N3O3. The van der Waals surface area contributed by atoms with Gasteiger partial charge in [-0.05, 0) is 35.1 Å². The van der Waals surface area contributed by atoms with E-state index in [4.69, 9.17) is 0 Å². The number of hydrogen-bond donors (Lipinski definition) is 2. The van der Waals surface area contributed by atoms with Gasteiger partial charge in [0, 0.05) is 6.42 Å². The molecule has 0 saturated heterocycles. The number of aromatic nitrogens is 3. The number of hydrogen-bond acceptors (Lipinski definition) is 3. The number of aromatic amines is 1. The molecule has 1 heterocycles. The first-order valence-corrected chi connectivity index (χ1v) is 9.01. The van der Waals surface area contributed by atoms with Crippen LogP contribution in [0.15, 0.2) is 53.3 Å². The number of rotatable bonds is 7. The van der Waals surface area contributed by atoms with E-state index < -0.39 is 5.97 Å². The molecule has 2 aromatic carbocycles. The molecular weight excluding hydrogens is 342 g/mol.